The van der Waals surface area contributed by atoms with Crippen LogP contribution in [0.2, 0.25) is 0 Å². The monoisotopic (exact) mass is 410 g/mol. The quantitative estimate of drug-likeness (QED) is 0.671. The van der Waals surface area contributed by atoms with Crippen molar-refractivity contribution in [3.8, 4) is 0 Å². The Morgan fingerprint density at radius 1 is 1.29 bits per heavy atom. The van der Waals surface area contributed by atoms with Crippen LogP contribution in [0.15, 0.2) is 34.1 Å². The first-order valence-corrected chi connectivity index (χ1v) is 9.27. The highest BCUT2D eigenvalue weighted by Crippen LogP contribution is 2.18. The second-order valence-electron chi connectivity index (χ2n) is 5.38. The van der Waals surface area contributed by atoms with E-state index in [0.29, 0.717) is 23.7 Å². The zero-order valence-corrected chi connectivity index (χ0v) is 16.2. The number of halogens is 1. The second-order valence-corrected chi connectivity index (χ2v) is 7.24. The molecule has 128 valence electrons. The first kappa shape index (κ1) is 18.6. The Hall–Kier alpha value is -1.73. The van der Waals surface area contributed by atoms with Crippen molar-refractivity contribution >= 4 is 39.1 Å². The Balaban J connectivity index is 2.15. The summed E-state index contributed by atoms with van der Waals surface area (Å²) in [6.07, 6.45) is 0. The lowest BCUT2D eigenvalue weighted by molar-refractivity contribution is 0.0520. The molecule has 0 saturated heterocycles. The van der Waals surface area contributed by atoms with Crippen molar-refractivity contribution in [1.29, 1.82) is 0 Å². The summed E-state index contributed by atoms with van der Waals surface area (Å²) < 4.78 is 5.87. The van der Waals surface area contributed by atoms with E-state index < -0.39 is 5.97 Å². The number of thiazole rings is 1. The van der Waals surface area contributed by atoms with Gasteiger partial charge in [-0.2, -0.15) is 0 Å². The molecule has 1 heterocycles. The Bertz CT molecular complexity index is 713. The maximum Gasteiger partial charge on any atom is 0.357 e. The van der Waals surface area contributed by atoms with Crippen molar-refractivity contribution < 1.29 is 14.3 Å². The highest BCUT2D eigenvalue weighted by atomic mass is 79.9. The molecule has 0 atom stereocenters. The van der Waals surface area contributed by atoms with Crippen molar-refractivity contribution in [1.82, 2.24) is 9.88 Å². The number of aromatic nitrogens is 1. The number of carbonyl (C=O) groups excluding carboxylic acids is 2. The first-order valence-electron chi connectivity index (χ1n) is 7.60. The fourth-order valence-electron chi connectivity index (χ4n) is 2.08. The number of rotatable bonds is 6. The molecule has 0 aliphatic rings. The maximum absolute atomic E-state index is 12.7. The molecule has 1 amide bonds. The van der Waals surface area contributed by atoms with E-state index >= 15 is 0 Å². The predicted octanol–water partition coefficient (Wildman–Crippen LogP) is 4.13. The highest BCUT2D eigenvalue weighted by Gasteiger charge is 2.21. The van der Waals surface area contributed by atoms with Gasteiger partial charge in [-0.15, -0.1) is 11.3 Å². The van der Waals surface area contributed by atoms with Gasteiger partial charge in [-0.05, 0) is 45.0 Å². The minimum absolute atomic E-state index is 0.0103. The molecule has 0 fully saturated rings. The van der Waals surface area contributed by atoms with Crippen molar-refractivity contribution in [2.24, 2.45) is 0 Å². The number of benzene rings is 1. The lowest BCUT2D eigenvalue weighted by Gasteiger charge is -2.26. The van der Waals surface area contributed by atoms with Gasteiger partial charge in [0.2, 0.25) is 0 Å². The Morgan fingerprint density at radius 2 is 1.96 bits per heavy atom. The van der Waals surface area contributed by atoms with Crippen molar-refractivity contribution in [2.45, 2.75) is 33.4 Å². The molecular weight excluding hydrogens is 392 g/mol. The molecule has 5 nitrogen and oxygen atoms in total. The third kappa shape index (κ3) is 4.64. The summed E-state index contributed by atoms with van der Waals surface area (Å²) in [5.74, 6) is -0.499. The van der Waals surface area contributed by atoms with Crippen LogP contribution in [-0.4, -0.2) is 34.4 Å². The zero-order valence-electron chi connectivity index (χ0n) is 13.8. The summed E-state index contributed by atoms with van der Waals surface area (Å²) in [7, 11) is 0. The number of esters is 1. The van der Waals surface area contributed by atoms with E-state index in [0.717, 1.165) is 4.47 Å². The highest BCUT2D eigenvalue weighted by molar-refractivity contribution is 9.10. The van der Waals surface area contributed by atoms with Gasteiger partial charge in [-0.1, -0.05) is 15.9 Å². The number of nitrogens with zero attached hydrogens (tertiary/aromatic N) is 2. The van der Waals surface area contributed by atoms with Crippen LogP contribution in [0.3, 0.4) is 0 Å². The SMILES string of the molecule is CCOC(=O)c1csc(CN(C(=O)c2ccc(Br)cc2)C(C)C)n1. The summed E-state index contributed by atoms with van der Waals surface area (Å²) in [5, 5.41) is 2.37. The number of hydrogen-bond acceptors (Lipinski definition) is 5. The van der Waals surface area contributed by atoms with Crippen LogP contribution in [0.25, 0.3) is 0 Å². The van der Waals surface area contributed by atoms with E-state index in [1.165, 1.54) is 11.3 Å². The molecule has 0 saturated carbocycles. The number of hydrogen-bond donors (Lipinski definition) is 0. The van der Waals surface area contributed by atoms with Gasteiger partial charge >= 0.3 is 5.97 Å². The minimum atomic E-state index is -0.435. The third-order valence-corrected chi connectivity index (χ3v) is 4.68. The summed E-state index contributed by atoms with van der Waals surface area (Å²) in [4.78, 5) is 30.5. The van der Waals surface area contributed by atoms with Gasteiger partial charge in [-0.25, -0.2) is 9.78 Å². The van der Waals surface area contributed by atoms with E-state index in [1.807, 2.05) is 26.0 Å². The zero-order chi connectivity index (χ0) is 17.7. The van der Waals surface area contributed by atoms with Gasteiger partial charge in [0.15, 0.2) is 5.69 Å². The molecule has 0 aliphatic heterocycles. The van der Waals surface area contributed by atoms with E-state index in [-0.39, 0.29) is 17.6 Å². The molecule has 1 aromatic heterocycles. The fraction of sp³-hybridized carbons (Fsp3) is 0.353. The van der Waals surface area contributed by atoms with Crippen LogP contribution >= 0.6 is 27.3 Å². The molecule has 0 N–H and O–H groups in total. The van der Waals surface area contributed by atoms with Crippen molar-refractivity contribution in [3.63, 3.8) is 0 Å². The van der Waals surface area contributed by atoms with Crippen LogP contribution in [0.4, 0.5) is 0 Å². The van der Waals surface area contributed by atoms with Crippen LogP contribution in [0.1, 0.15) is 46.6 Å². The Kier molecular flexibility index (Phi) is 6.51. The van der Waals surface area contributed by atoms with Crippen LogP contribution in [0.5, 0.6) is 0 Å². The number of carbonyl (C=O) groups is 2. The largest absolute Gasteiger partial charge is 0.461 e. The van der Waals surface area contributed by atoms with E-state index in [1.54, 1.807) is 29.3 Å². The van der Waals surface area contributed by atoms with Crippen LogP contribution in [0, 0.1) is 0 Å². The molecular formula is C17H19BrN2O3S. The smallest absolute Gasteiger partial charge is 0.357 e. The van der Waals surface area contributed by atoms with E-state index in [9.17, 15) is 9.59 Å². The molecule has 0 aliphatic carbocycles. The normalized spacial score (nSPS) is 10.7. The average molecular weight is 411 g/mol. The predicted molar refractivity (Wildman–Crippen MR) is 97.2 cm³/mol. The van der Waals surface area contributed by atoms with Gasteiger partial charge in [0.25, 0.3) is 5.91 Å². The van der Waals surface area contributed by atoms with Crippen LogP contribution < -0.4 is 0 Å². The van der Waals surface area contributed by atoms with Gasteiger partial charge in [0, 0.05) is 21.5 Å². The molecule has 24 heavy (non-hydrogen) atoms. The molecule has 2 rings (SSSR count). The third-order valence-electron chi connectivity index (χ3n) is 3.32. The molecule has 0 radical (unpaired) electrons. The van der Waals surface area contributed by atoms with Crippen molar-refractivity contribution in [2.75, 3.05) is 6.61 Å². The molecule has 1 aromatic carbocycles. The topological polar surface area (TPSA) is 59.5 Å². The van der Waals surface area contributed by atoms with Gasteiger partial charge < -0.3 is 9.64 Å². The molecule has 0 unspecified atom stereocenters. The molecule has 7 heteroatoms. The lowest BCUT2D eigenvalue weighted by Crippen LogP contribution is -2.36. The molecule has 2 aromatic rings. The lowest BCUT2D eigenvalue weighted by atomic mass is 10.1. The number of amides is 1. The summed E-state index contributed by atoms with van der Waals surface area (Å²) in [6.45, 7) is 6.33. The maximum atomic E-state index is 12.7. The summed E-state index contributed by atoms with van der Waals surface area (Å²) in [6, 6.07) is 7.26. The molecule has 0 bridgehead atoms. The van der Waals surface area contributed by atoms with E-state index in [4.69, 9.17) is 4.74 Å². The number of ether oxygens (including phenoxy) is 1. The standard InChI is InChI=1S/C17H19BrN2O3S/c1-4-23-17(22)14-10-24-15(19-14)9-20(11(2)3)16(21)12-5-7-13(18)8-6-12/h5-8,10-11H,4,9H2,1-3H3. The van der Waals surface area contributed by atoms with Gasteiger partial charge in [-0.3, -0.25) is 4.79 Å². The Morgan fingerprint density at radius 3 is 2.54 bits per heavy atom. The molecule has 0 spiro atoms. The van der Waals surface area contributed by atoms with E-state index in [2.05, 4.69) is 20.9 Å². The van der Waals surface area contributed by atoms with Gasteiger partial charge in [0.1, 0.15) is 5.01 Å². The van der Waals surface area contributed by atoms with Gasteiger partial charge in [0.05, 0.1) is 13.2 Å². The second kappa shape index (κ2) is 8.39. The average Bonchev–Trinajstić information content (AvgIpc) is 3.01. The fourth-order valence-corrected chi connectivity index (χ4v) is 3.10. The van der Waals surface area contributed by atoms with Crippen LogP contribution in [-0.2, 0) is 11.3 Å². The summed E-state index contributed by atoms with van der Waals surface area (Å²) >= 11 is 4.72. The first-order chi connectivity index (χ1) is 11.4. The Labute approximate surface area is 153 Å². The summed E-state index contributed by atoms with van der Waals surface area (Å²) in [5.41, 5.74) is 0.908. The van der Waals surface area contributed by atoms with Crippen molar-refractivity contribution in [3.05, 3.63) is 50.4 Å². The minimum Gasteiger partial charge on any atom is -0.461 e.